The van der Waals surface area contributed by atoms with Gasteiger partial charge in [0, 0.05) is 32.9 Å². The number of ether oxygens (including phenoxy) is 4. The van der Waals surface area contributed by atoms with Crippen LogP contribution in [-0.4, -0.2) is 41.3 Å². The van der Waals surface area contributed by atoms with Crippen LogP contribution in [0.4, 0.5) is 0 Å². The highest BCUT2D eigenvalue weighted by atomic mass is 16.7. The fourth-order valence-corrected chi connectivity index (χ4v) is 1.48. The summed E-state index contributed by atoms with van der Waals surface area (Å²) in [5.41, 5.74) is 1.03. The number of benzene rings is 1. The highest BCUT2D eigenvalue weighted by Gasteiger charge is 2.05. The SMILES string of the molecule is COCCNCc1cc(OC)ccc1OCOC. The van der Waals surface area contributed by atoms with E-state index < -0.39 is 0 Å². The third-order valence-corrected chi connectivity index (χ3v) is 2.40. The molecule has 102 valence electrons. The minimum Gasteiger partial charge on any atom is -0.497 e. The summed E-state index contributed by atoms with van der Waals surface area (Å²) in [6.07, 6.45) is 0. The molecule has 0 aliphatic rings. The Bertz CT molecular complexity index is 344. The molecule has 1 aromatic rings. The summed E-state index contributed by atoms with van der Waals surface area (Å²) >= 11 is 0. The molecule has 0 spiro atoms. The van der Waals surface area contributed by atoms with E-state index in [0.29, 0.717) is 13.2 Å². The molecule has 0 aliphatic carbocycles. The summed E-state index contributed by atoms with van der Waals surface area (Å²) in [4.78, 5) is 0. The van der Waals surface area contributed by atoms with Crippen LogP contribution in [0.5, 0.6) is 11.5 Å². The van der Waals surface area contributed by atoms with E-state index in [4.69, 9.17) is 18.9 Å². The largest absolute Gasteiger partial charge is 0.497 e. The average molecular weight is 255 g/mol. The van der Waals surface area contributed by atoms with E-state index in [0.717, 1.165) is 23.6 Å². The van der Waals surface area contributed by atoms with Gasteiger partial charge in [0.2, 0.25) is 0 Å². The molecule has 0 atom stereocenters. The lowest BCUT2D eigenvalue weighted by atomic mass is 10.2. The summed E-state index contributed by atoms with van der Waals surface area (Å²) in [6.45, 7) is 2.40. The predicted octanol–water partition coefficient (Wildman–Crippen LogP) is 1.41. The van der Waals surface area contributed by atoms with E-state index in [1.165, 1.54) is 0 Å². The van der Waals surface area contributed by atoms with Gasteiger partial charge in [-0.3, -0.25) is 0 Å². The van der Waals surface area contributed by atoms with Crippen molar-refractivity contribution in [2.45, 2.75) is 6.54 Å². The lowest BCUT2D eigenvalue weighted by Gasteiger charge is -2.13. The van der Waals surface area contributed by atoms with Gasteiger partial charge in [-0.1, -0.05) is 0 Å². The van der Waals surface area contributed by atoms with E-state index in [2.05, 4.69) is 5.32 Å². The van der Waals surface area contributed by atoms with Crippen LogP contribution in [0.15, 0.2) is 18.2 Å². The van der Waals surface area contributed by atoms with Crippen molar-refractivity contribution in [3.8, 4) is 11.5 Å². The maximum Gasteiger partial charge on any atom is 0.188 e. The van der Waals surface area contributed by atoms with E-state index in [1.807, 2.05) is 18.2 Å². The molecule has 1 aromatic carbocycles. The quantitative estimate of drug-likeness (QED) is 0.534. The van der Waals surface area contributed by atoms with Crippen LogP contribution in [-0.2, 0) is 16.0 Å². The maximum absolute atomic E-state index is 5.49. The number of hydrogen-bond donors (Lipinski definition) is 1. The zero-order valence-corrected chi connectivity index (χ0v) is 11.2. The molecule has 0 saturated carbocycles. The topological polar surface area (TPSA) is 49.0 Å². The second kappa shape index (κ2) is 8.74. The van der Waals surface area contributed by atoms with Gasteiger partial charge in [0.1, 0.15) is 11.5 Å². The Balaban J connectivity index is 2.63. The molecule has 5 nitrogen and oxygen atoms in total. The molecule has 0 unspecified atom stereocenters. The fraction of sp³-hybridized carbons (Fsp3) is 0.538. The van der Waals surface area contributed by atoms with E-state index in [9.17, 15) is 0 Å². The fourth-order valence-electron chi connectivity index (χ4n) is 1.48. The van der Waals surface area contributed by atoms with E-state index in [-0.39, 0.29) is 6.79 Å². The summed E-state index contributed by atoms with van der Waals surface area (Å²) < 4.78 is 20.6. The third kappa shape index (κ3) is 4.91. The van der Waals surface area contributed by atoms with Gasteiger partial charge in [-0.25, -0.2) is 0 Å². The zero-order chi connectivity index (χ0) is 13.2. The first kappa shape index (κ1) is 14.8. The molecular weight excluding hydrogens is 234 g/mol. The molecule has 1 N–H and O–H groups in total. The number of hydrogen-bond acceptors (Lipinski definition) is 5. The first-order chi connectivity index (χ1) is 8.81. The van der Waals surface area contributed by atoms with E-state index in [1.54, 1.807) is 21.3 Å². The Labute approximate surface area is 108 Å². The average Bonchev–Trinajstić information content (AvgIpc) is 2.42. The van der Waals surface area contributed by atoms with Crippen molar-refractivity contribution in [3.63, 3.8) is 0 Å². The van der Waals surface area contributed by atoms with Crippen molar-refractivity contribution in [1.29, 1.82) is 0 Å². The maximum atomic E-state index is 5.49. The van der Waals surface area contributed by atoms with Crippen LogP contribution in [0.3, 0.4) is 0 Å². The summed E-state index contributed by atoms with van der Waals surface area (Å²) in [7, 11) is 4.92. The van der Waals surface area contributed by atoms with Gasteiger partial charge in [0.05, 0.1) is 13.7 Å². The molecule has 5 heteroatoms. The Morgan fingerprint density at radius 1 is 1.11 bits per heavy atom. The third-order valence-electron chi connectivity index (χ3n) is 2.40. The van der Waals surface area contributed by atoms with Crippen LogP contribution in [0.25, 0.3) is 0 Å². The number of methoxy groups -OCH3 is 3. The molecule has 0 radical (unpaired) electrons. The van der Waals surface area contributed by atoms with Crippen LogP contribution >= 0.6 is 0 Å². The van der Waals surface area contributed by atoms with Crippen molar-refractivity contribution < 1.29 is 18.9 Å². The molecule has 0 bridgehead atoms. The molecule has 0 fully saturated rings. The van der Waals surface area contributed by atoms with Crippen LogP contribution in [0.1, 0.15) is 5.56 Å². The van der Waals surface area contributed by atoms with Crippen molar-refractivity contribution in [3.05, 3.63) is 23.8 Å². The normalized spacial score (nSPS) is 10.4. The second-order valence-electron chi connectivity index (χ2n) is 3.69. The minimum absolute atomic E-state index is 0.234. The molecular formula is C13H21NO4. The molecule has 0 heterocycles. The van der Waals surface area contributed by atoms with Crippen molar-refractivity contribution in [1.82, 2.24) is 5.32 Å². The standard InChI is InChI=1S/C13H21NO4/c1-15-7-6-14-9-11-8-12(17-3)4-5-13(11)18-10-16-2/h4-5,8,14H,6-7,9-10H2,1-3H3. The van der Waals surface area contributed by atoms with E-state index >= 15 is 0 Å². The van der Waals surface area contributed by atoms with Crippen LogP contribution in [0.2, 0.25) is 0 Å². The Morgan fingerprint density at radius 3 is 2.61 bits per heavy atom. The van der Waals surface area contributed by atoms with Gasteiger partial charge < -0.3 is 24.3 Å². The Kier molecular flexibility index (Phi) is 7.17. The van der Waals surface area contributed by atoms with Crippen LogP contribution < -0.4 is 14.8 Å². The Morgan fingerprint density at radius 2 is 1.94 bits per heavy atom. The molecule has 18 heavy (non-hydrogen) atoms. The molecule has 0 saturated heterocycles. The van der Waals surface area contributed by atoms with Gasteiger partial charge in [0.25, 0.3) is 0 Å². The molecule has 0 aliphatic heterocycles. The van der Waals surface area contributed by atoms with Crippen LogP contribution in [0, 0.1) is 0 Å². The zero-order valence-electron chi connectivity index (χ0n) is 11.2. The van der Waals surface area contributed by atoms with Gasteiger partial charge in [0.15, 0.2) is 6.79 Å². The highest BCUT2D eigenvalue weighted by Crippen LogP contribution is 2.24. The summed E-state index contributed by atoms with van der Waals surface area (Å²) in [5.74, 6) is 1.60. The van der Waals surface area contributed by atoms with Gasteiger partial charge in [-0.2, -0.15) is 0 Å². The van der Waals surface area contributed by atoms with Gasteiger partial charge >= 0.3 is 0 Å². The molecule has 0 amide bonds. The monoisotopic (exact) mass is 255 g/mol. The lowest BCUT2D eigenvalue weighted by molar-refractivity contribution is 0.0503. The second-order valence-corrected chi connectivity index (χ2v) is 3.69. The summed E-state index contributed by atoms with van der Waals surface area (Å²) in [5, 5.41) is 3.27. The first-order valence-corrected chi connectivity index (χ1v) is 5.80. The predicted molar refractivity (Wildman–Crippen MR) is 69.1 cm³/mol. The van der Waals surface area contributed by atoms with Gasteiger partial charge in [-0.05, 0) is 18.2 Å². The summed E-state index contributed by atoms with van der Waals surface area (Å²) in [6, 6.07) is 5.69. The number of nitrogens with one attached hydrogen (secondary N) is 1. The number of rotatable bonds is 9. The van der Waals surface area contributed by atoms with Crippen molar-refractivity contribution in [2.24, 2.45) is 0 Å². The highest BCUT2D eigenvalue weighted by molar-refractivity contribution is 5.40. The minimum atomic E-state index is 0.234. The first-order valence-electron chi connectivity index (χ1n) is 5.80. The van der Waals surface area contributed by atoms with Gasteiger partial charge in [-0.15, -0.1) is 0 Å². The smallest absolute Gasteiger partial charge is 0.188 e. The molecule has 0 aromatic heterocycles. The van der Waals surface area contributed by atoms with Crippen molar-refractivity contribution >= 4 is 0 Å². The van der Waals surface area contributed by atoms with Crippen molar-refractivity contribution in [2.75, 3.05) is 41.3 Å². The lowest BCUT2D eigenvalue weighted by Crippen LogP contribution is -2.19. The molecule has 1 rings (SSSR count). The Hall–Kier alpha value is -1.30.